The lowest BCUT2D eigenvalue weighted by Gasteiger charge is -2.18. The standard InChI is InChI=1S/C72H118O6/c1-4-7-10-13-16-19-22-25-28-31-33-34-35-36-37-38-39-42-44-47-50-53-56-59-62-65-71(74)77-68-69(67-76-70(73)64-61-58-55-52-49-46-43-40-30-27-24-21-18-15-12-9-6-3)78-72(75)66-63-60-57-54-51-48-45-41-32-29-26-23-20-17-14-11-8-5-2/h7,9-10,12,16,18-19,21,25,27-30,32-34,36-37,39,42-43,46,69H,4-6,8,11,13-15,17,20,22-24,26,31,35,38,40-41,44-45,47-68H2,1-3H3/b10-7-,12-9-,19-16-,21-18-,28-25-,30-27-,32-29-,34-33-,37-36-,42-39-,46-43-. The molecule has 0 aromatic heterocycles. The third-order valence-corrected chi connectivity index (χ3v) is 13.4. The average molecular weight is 1080 g/mol. The number of allylic oxidation sites excluding steroid dienone is 22. The highest BCUT2D eigenvalue weighted by atomic mass is 16.6. The molecule has 0 aromatic rings. The molecule has 6 nitrogen and oxygen atoms in total. The number of unbranched alkanes of at least 4 members (excludes halogenated alkanes) is 24. The van der Waals surface area contributed by atoms with Crippen LogP contribution in [0.4, 0.5) is 0 Å². The second-order valence-electron chi connectivity index (χ2n) is 20.9. The minimum atomic E-state index is -0.803. The first kappa shape index (κ1) is 73.5. The van der Waals surface area contributed by atoms with Gasteiger partial charge in [-0.3, -0.25) is 14.4 Å². The summed E-state index contributed by atoms with van der Waals surface area (Å²) in [5, 5.41) is 0. The van der Waals surface area contributed by atoms with Crippen molar-refractivity contribution in [3.8, 4) is 0 Å². The van der Waals surface area contributed by atoms with Gasteiger partial charge in [0.1, 0.15) is 13.2 Å². The van der Waals surface area contributed by atoms with Gasteiger partial charge in [-0.15, -0.1) is 0 Å². The molecule has 0 aliphatic rings. The van der Waals surface area contributed by atoms with Crippen LogP contribution in [0.25, 0.3) is 0 Å². The Labute approximate surface area is 481 Å². The quantitative estimate of drug-likeness (QED) is 0.0261. The van der Waals surface area contributed by atoms with Crippen LogP contribution in [-0.2, 0) is 28.6 Å². The van der Waals surface area contributed by atoms with Gasteiger partial charge in [0.25, 0.3) is 0 Å². The summed E-state index contributed by atoms with van der Waals surface area (Å²) in [5.41, 5.74) is 0. The van der Waals surface area contributed by atoms with E-state index in [1.807, 2.05) is 0 Å². The maximum absolute atomic E-state index is 12.9. The van der Waals surface area contributed by atoms with Gasteiger partial charge in [0.05, 0.1) is 0 Å². The van der Waals surface area contributed by atoms with Gasteiger partial charge in [-0.25, -0.2) is 0 Å². The first-order chi connectivity index (χ1) is 38.5. The Hall–Kier alpha value is -4.45. The zero-order valence-corrected chi connectivity index (χ0v) is 50.6. The second-order valence-corrected chi connectivity index (χ2v) is 20.9. The first-order valence-electron chi connectivity index (χ1n) is 32.2. The molecular formula is C72H118O6. The first-order valence-corrected chi connectivity index (χ1v) is 32.2. The monoisotopic (exact) mass is 1080 g/mol. The van der Waals surface area contributed by atoms with Gasteiger partial charge >= 0.3 is 17.9 Å². The highest BCUT2D eigenvalue weighted by Crippen LogP contribution is 2.15. The van der Waals surface area contributed by atoms with E-state index in [-0.39, 0.29) is 31.1 Å². The summed E-state index contributed by atoms with van der Waals surface area (Å²) < 4.78 is 16.9. The van der Waals surface area contributed by atoms with Gasteiger partial charge in [0, 0.05) is 19.3 Å². The number of carbonyl (C=O) groups is 3. The van der Waals surface area contributed by atoms with Crippen molar-refractivity contribution in [1.82, 2.24) is 0 Å². The molecule has 0 aromatic carbocycles. The molecule has 0 saturated carbocycles. The molecule has 6 heteroatoms. The van der Waals surface area contributed by atoms with Crippen LogP contribution in [0.5, 0.6) is 0 Å². The van der Waals surface area contributed by atoms with Crippen LogP contribution in [0.15, 0.2) is 134 Å². The van der Waals surface area contributed by atoms with E-state index < -0.39 is 6.10 Å². The van der Waals surface area contributed by atoms with Crippen molar-refractivity contribution >= 4 is 17.9 Å². The zero-order valence-electron chi connectivity index (χ0n) is 50.6. The van der Waals surface area contributed by atoms with E-state index >= 15 is 0 Å². The van der Waals surface area contributed by atoms with Gasteiger partial charge in [0.2, 0.25) is 0 Å². The Kier molecular flexibility index (Phi) is 61.4. The number of esters is 3. The fraction of sp³-hybridized carbons (Fsp3) is 0.653. The number of ether oxygens (including phenoxy) is 3. The number of hydrogen-bond acceptors (Lipinski definition) is 6. The Bertz CT molecular complexity index is 1670. The van der Waals surface area contributed by atoms with Crippen molar-refractivity contribution in [1.29, 1.82) is 0 Å². The van der Waals surface area contributed by atoms with E-state index in [9.17, 15) is 14.4 Å². The Morgan fingerprint density at radius 3 is 0.795 bits per heavy atom. The van der Waals surface area contributed by atoms with Crippen LogP contribution in [0.3, 0.4) is 0 Å². The number of rotatable bonds is 57. The summed E-state index contributed by atoms with van der Waals surface area (Å²) in [5.74, 6) is -0.938. The second kappa shape index (κ2) is 65.1. The fourth-order valence-electron chi connectivity index (χ4n) is 8.61. The maximum Gasteiger partial charge on any atom is 0.306 e. The molecule has 0 amide bonds. The minimum absolute atomic E-state index is 0.0991. The Morgan fingerprint density at radius 2 is 0.500 bits per heavy atom. The SMILES string of the molecule is CC/C=C\C/C=C\C/C=C\C/C=C\C/C=C\C/C=C\CCCCCCCCC(=O)OCC(COC(=O)CCCCCC/C=C\C/C=C\C/C=C\C/C=C\CC)OC(=O)CCCCCCCCC/C=C\CCCCCCCCC. The van der Waals surface area contributed by atoms with E-state index in [0.29, 0.717) is 19.3 Å². The summed E-state index contributed by atoms with van der Waals surface area (Å²) in [6.45, 7) is 6.39. The minimum Gasteiger partial charge on any atom is -0.462 e. The maximum atomic E-state index is 12.9. The van der Waals surface area contributed by atoms with Crippen molar-refractivity contribution in [2.24, 2.45) is 0 Å². The average Bonchev–Trinajstić information content (AvgIpc) is 3.44. The van der Waals surface area contributed by atoms with Gasteiger partial charge in [-0.1, -0.05) is 264 Å². The molecule has 0 spiro atoms. The molecule has 0 aliphatic heterocycles. The van der Waals surface area contributed by atoms with Gasteiger partial charge < -0.3 is 14.2 Å². The molecular weight excluding hydrogens is 961 g/mol. The Balaban J connectivity index is 4.46. The predicted octanol–water partition coefficient (Wildman–Crippen LogP) is 22.2. The van der Waals surface area contributed by atoms with Crippen molar-refractivity contribution < 1.29 is 28.6 Å². The van der Waals surface area contributed by atoms with Crippen LogP contribution in [0.1, 0.15) is 284 Å². The van der Waals surface area contributed by atoms with E-state index in [1.54, 1.807) is 0 Å². The fourth-order valence-corrected chi connectivity index (χ4v) is 8.61. The van der Waals surface area contributed by atoms with Crippen LogP contribution in [-0.4, -0.2) is 37.2 Å². The molecule has 0 radical (unpaired) electrons. The summed E-state index contributed by atoms with van der Waals surface area (Å²) in [4.78, 5) is 38.4. The third-order valence-electron chi connectivity index (χ3n) is 13.4. The largest absolute Gasteiger partial charge is 0.462 e. The van der Waals surface area contributed by atoms with E-state index in [4.69, 9.17) is 14.2 Å². The van der Waals surface area contributed by atoms with E-state index in [2.05, 4.69) is 154 Å². The molecule has 1 unspecified atom stereocenters. The molecule has 0 rings (SSSR count). The lowest BCUT2D eigenvalue weighted by Crippen LogP contribution is -2.30. The molecule has 1 atom stereocenters. The summed E-state index contributed by atoms with van der Waals surface area (Å²) >= 11 is 0. The lowest BCUT2D eigenvalue weighted by molar-refractivity contribution is -0.167. The zero-order chi connectivity index (χ0) is 56.4. The van der Waals surface area contributed by atoms with Crippen LogP contribution < -0.4 is 0 Å². The van der Waals surface area contributed by atoms with Gasteiger partial charge in [-0.05, 0) is 135 Å². The Morgan fingerprint density at radius 1 is 0.269 bits per heavy atom. The molecule has 0 heterocycles. The molecule has 0 N–H and O–H groups in total. The number of hydrogen-bond donors (Lipinski definition) is 0. The van der Waals surface area contributed by atoms with Crippen LogP contribution in [0, 0.1) is 0 Å². The predicted molar refractivity (Wildman–Crippen MR) is 339 cm³/mol. The van der Waals surface area contributed by atoms with Crippen molar-refractivity contribution in [3.63, 3.8) is 0 Å². The van der Waals surface area contributed by atoms with Crippen molar-refractivity contribution in [2.45, 2.75) is 290 Å². The van der Waals surface area contributed by atoms with Gasteiger partial charge in [0.15, 0.2) is 6.10 Å². The smallest absolute Gasteiger partial charge is 0.306 e. The summed E-state index contributed by atoms with van der Waals surface area (Å²) in [6.07, 6.45) is 91.6. The molecule has 0 saturated heterocycles. The lowest BCUT2D eigenvalue weighted by atomic mass is 10.1. The molecule has 0 fully saturated rings. The van der Waals surface area contributed by atoms with Crippen LogP contribution >= 0.6 is 0 Å². The van der Waals surface area contributed by atoms with Gasteiger partial charge in [-0.2, -0.15) is 0 Å². The summed E-state index contributed by atoms with van der Waals surface area (Å²) in [6, 6.07) is 0. The van der Waals surface area contributed by atoms with Crippen LogP contribution in [0.2, 0.25) is 0 Å². The molecule has 78 heavy (non-hydrogen) atoms. The normalized spacial score (nSPS) is 13.0. The van der Waals surface area contributed by atoms with E-state index in [1.165, 1.54) is 96.3 Å². The highest BCUT2D eigenvalue weighted by molar-refractivity contribution is 5.71. The highest BCUT2D eigenvalue weighted by Gasteiger charge is 2.19. The molecule has 442 valence electrons. The van der Waals surface area contributed by atoms with Crippen molar-refractivity contribution in [3.05, 3.63) is 134 Å². The molecule has 0 bridgehead atoms. The topological polar surface area (TPSA) is 78.9 Å². The van der Waals surface area contributed by atoms with Crippen molar-refractivity contribution in [2.75, 3.05) is 13.2 Å². The summed E-state index contributed by atoms with van der Waals surface area (Å²) in [7, 11) is 0. The molecule has 0 aliphatic carbocycles. The third kappa shape index (κ3) is 62.4. The number of carbonyl (C=O) groups excluding carboxylic acids is 3. The van der Waals surface area contributed by atoms with E-state index in [0.717, 1.165) is 148 Å².